The number of methoxy groups -OCH3 is 1. The lowest BCUT2D eigenvalue weighted by Crippen LogP contribution is -2.25. The average Bonchev–Trinajstić information content (AvgIpc) is 3.24. The van der Waals surface area contributed by atoms with Crippen LogP contribution in [-0.4, -0.2) is 29.4 Å². The molecule has 3 rings (SSSR count). The van der Waals surface area contributed by atoms with Gasteiger partial charge in [0.1, 0.15) is 22.3 Å². The van der Waals surface area contributed by atoms with E-state index in [9.17, 15) is 9.18 Å². The molecule has 0 atom stereocenters. The van der Waals surface area contributed by atoms with Gasteiger partial charge >= 0.3 is 0 Å². The van der Waals surface area contributed by atoms with E-state index in [1.165, 1.54) is 23.5 Å². The van der Waals surface area contributed by atoms with E-state index < -0.39 is 0 Å². The summed E-state index contributed by atoms with van der Waals surface area (Å²) in [5.74, 6) is 0.438. The summed E-state index contributed by atoms with van der Waals surface area (Å²) in [6.07, 6.45) is 1.99. The molecule has 0 aliphatic rings. The van der Waals surface area contributed by atoms with Gasteiger partial charge in [-0.25, -0.2) is 9.37 Å². The topological polar surface area (TPSA) is 54.5 Å². The van der Waals surface area contributed by atoms with Gasteiger partial charge < -0.3 is 10.1 Å². The molecule has 0 unspecified atom stereocenters. The van der Waals surface area contributed by atoms with Crippen LogP contribution in [0.1, 0.15) is 46.4 Å². The Kier molecular flexibility index (Phi) is 8.55. The van der Waals surface area contributed by atoms with Gasteiger partial charge in [-0.2, -0.15) is 0 Å². The third kappa shape index (κ3) is 7.15. The van der Waals surface area contributed by atoms with E-state index in [-0.39, 0.29) is 11.7 Å². The third-order valence-corrected chi connectivity index (χ3v) is 5.68. The number of benzene rings is 2. The number of carbonyl (C=O) groups is 1. The summed E-state index contributed by atoms with van der Waals surface area (Å²) >= 11 is 1.48. The fourth-order valence-corrected chi connectivity index (χ4v) is 3.97. The summed E-state index contributed by atoms with van der Waals surface area (Å²) in [6.45, 7) is 4.68. The molecule has 0 saturated carbocycles. The lowest BCUT2D eigenvalue weighted by molar-refractivity contribution is 0.0948. The first-order chi connectivity index (χ1) is 15.1. The Morgan fingerprint density at radius 1 is 1.06 bits per heavy atom. The van der Waals surface area contributed by atoms with Crippen molar-refractivity contribution >= 4 is 17.2 Å². The Morgan fingerprint density at radius 2 is 1.71 bits per heavy atom. The molecule has 1 amide bonds. The van der Waals surface area contributed by atoms with Gasteiger partial charge in [0.15, 0.2) is 0 Å². The van der Waals surface area contributed by atoms with Crippen molar-refractivity contribution < 1.29 is 13.9 Å². The Morgan fingerprint density at radius 3 is 2.32 bits per heavy atom. The fourth-order valence-electron chi connectivity index (χ4n) is 3.15. The number of ether oxygens (including phenoxy) is 1. The zero-order valence-electron chi connectivity index (χ0n) is 17.9. The van der Waals surface area contributed by atoms with Crippen LogP contribution < -0.4 is 10.1 Å². The number of halogens is 1. The second kappa shape index (κ2) is 11.6. The summed E-state index contributed by atoms with van der Waals surface area (Å²) < 4.78 is 18.5. The first kappa shape index (κ1) is 22.9. The van der Waals surface area contributed by atoms with Crippen LogP contribution in [0.25, 0.3) is 0 Å². The molecular weight excluding hydrogens is 413 g/mol. The maximum Gasteiger partial charge on any atom is 0.270 e. The molecule has 1 heterocycles. The van der Waals surface area contributed by atoms with Crippen LogP contribution in [0.2, 0.25) is 0 Å². The van der Waals surface area contributed by atoms with E-state index >= 15 is 0 Å². The monoisotopic (exact) mass is 441 g/mol. The van der Waals surface area contributed by atoms with E-state index in [4.69, 9.17) is 4.74 Å². The molecule has 1 aromatic heterocycles. The molecule has 0 fully saturated rings. The van der Waals surface area contributed by atoms with Gasteiger partial charge in [0, 0.05) is 25.0 Å². The van der Waals surface area contributed by atoms with Crippen LogP contribution >= 0.6 is 11.3 Å². The number of nitrogens with one attached hydrogen (secondary N) is 1. The first-order valence-electron chi connectivity index (χ1n) is 10.4. The third-order valence-electron chi connectivity index (χ3n) is 4.84. The molecule has 31 heavy (non-hydrogen) atoms. The molecule has 5 nitrogen and oxygen atoms in total. The van der Waals surface area contributed by atoms with Crippen molar-refractivity contribution in [3.63, 3.8) is 0 Å². The number of aromatic nitrogens is 1. The van der Waals surface area contributed by atoms with E-state index in [2.05, 4.69) is 22.1 Å². The first-order valence-corrected chi connectivity index (χ1v) is 11.3. The molecule has 164 valence electrons. The quantitative estimate of drug-likeness (QED) is 0.425. The van der Waals surface area contributed by atoms with Crippen LogP contribution in [0.4, 0.5) is 4.39 Å². The minimum absolute atomic E-state index is 0.129. The second-order valence-corrected chi connectivity index (χ2v) is 8.30. The van der Waals surface area contributed by atoms with E-state index in [1.807, 2.05) is 24.3 Å². The van der Waals surface area contributed by atoms with Crippen LogP contribution in [0, 0.1) is 5.82 Å². The molecule has 3 aromatic rings. The highest BCUT2D eigenvalue weighted by atomic mass is 32.1. The van der Waals surface area contributed by atoms with E-state index in [0.717, 1.165) is 34.7 Å². The summed E-state index contributed by atoms with van der Waals surface area (Å²) in [5, 5.41) is 5.58. The van der Waals surface area contributed by atoms with E-state index in [0.29, 0.717) is 31.9 Å². The number of thiazole rings is 1. The second-order valence-electron chi connectivity index (χ2n) is 7.36. The van der Waals surface area contributed by atoms with Gasteiger partial charge in [0.05, 0.1) is 13.7 Å². The Balaban J connectivity index is 1.71. The summed E-state index contributed by atoms with van der Waals surface area (Å²) in [6, 6.07) is 14.5. The smallest absolute Gasteiger partial charge is 0.270 e. The zero-order valence-corrected chi connectivity index (χ0v) is 18.8. The largest absolute Gasteiger partial charge is 0.497 e. The van der Waals surface area contributed by atoms with Gasteiger partial charge in [-0.15, -0.1) is 11.3 Å². The molecule has 7 heteroatoms. The highest BCUT2D eigenvalue weighted by Gasteiger charge is 2.14. The highest BCUT2D eigenvalue weighted by molar-refractivity contribution is 7.09. The van der Waals surface area contributed by atoms with Crippen LogP contribution in [0.3, 0.4) is 0 Å². The average molecular weight is 442 g/mol. The number of hydrogen-bond donors (Lipinski definition) is 1. The van der Waals surface area contributed by atoms with Gasteiger partial charge in [-0.05, 0) is 41.8 Å². The Labute approximate surface area is 186 Å². The molecular formula is C24H28FN3O2S. The van der Waals surface area contributed by atoms with Crippen LogP contribution in [0.15, 0.2) is 53.9 Å². The molecule has 1 N–H and O–H groups in total. The predicted molar refractivity (Wildman–Crippen MR) is 122 cm³/mol. The molecule has 0 aliphatic carbocycles. The van der Waals surface area contributed by atoms with E-state index in [1.54, 1.807) is 24.6 Å². The van der Waals surface area contributed by atoms with Crippen molar-refractivity contribution in [3.05, 3.63) is 81.6 Å². The van der Waals surface area contributed by atoms with Gasteiger partial charge in [-0.3, -0.25) is 9.69 Å². The van der Waals surface area contributed by atoms with Crippen molar-refractivity contribution in [2.75, 3.05) is 13.7 Å². The van der Waals surface area contributed by atoms with Crippen molar-refractivity contribution in [1.82, 2.24) is 15.2 Å². The maximum atomic E-state index is 13.3. The van der Waals surface area contributed by atoms with Gasteiger partial charge in [0.25, 0.3) is 5.91 Å². The van der Waals surface area contributed by atoms with Crippen molar-refractivity contribution in [3.8, 4) is 5.75 Å². The van der Waals surface area contributed by atoms with Gasteiger partial charge in [0.2, 0.25) is 0 Å². The number of rotatable bonds is 11. The van der Waals surface area contributed by atoms with Crippen molar-refractivity contribution in [2.45, 2.75) is 39.4 Å². The van der Waals surface area contributed by atoms with Crippen LogP contribution in [0.5, 0.6) is 5.75 Å². The molecule has 0 spiro atoms. The molecule has 0 saturated heterocycles. The van der Waals surface area contributed by atoms with Crippen molar-refractivity contribution in [1.29, 1.82) is 0 Å². The number of nitrogens with zero attached hydrogens (tertiary/aromatic N) is 2. The molecule has 0 radical (unpaired) electrons. The lowest BCUT2D eigenvalue weighted by atomic mass is 10.1. The normalized spacial score (nSPS) is 11.0. The lowest BCUT2D eigenvalue weighted by Gasteiger charge is -2.21. The Hall–Kier alpha value is -2.77. The highest BCUT2D eigenvalue weighted by Crippen LogP contribution is 2.19. The minimum Gasteiger partial charge on any atom is -0.497 e. The number of hydrogen-bond acceptors (Lipinski definition) is 5. The van der Waals surface area contributed by atoms with Crippen LogP contribution in [-0.2, 0) is 19.6 Å². The number of carbonyl (C=O) groups excluding carboxylic acids is 1. The number of unbranched alkanes of at least 4 members (excludes halogenated alkanes) is 1. The SMILES string of the molecule is CCCCNC(=O)c1csc(CN(Cc2ccc(F)cc2)Cc2ccc(OC)cc2)n1. The van der Waals surface area contributed by atoms with Gasteiger partial charge in [-0.1, -0.05) is 37.6 Å². The summed E-state index contributed by atoms with van der Waals surface area (Å²) in [4.78, 5) is 19.0. The summed E-state index contributed by atoms with van der Waals surface area (Å²) in [5.41, 5.74) is 2.61. The standard InChI is InChI=1S/C24H28FN3O2S/c1-3-4-13-26-24(29)22-17-31-23(27-22)16-28(14-18-5-9-20(25)10-6-18)15-19-7-11-21(30-2)12-8-19/h5-12,17H,3-4,13-16H2,1-2H3,(H,26,29). The molecule has 2 aromatic carbocycles. The predicted octanol–water partition coefficient (Wildman–Crippen LogP) is 5.02. The van der Waals surface area contributed by atoms with Crippen molar-refractivity contribution in [2.24, 2.45) is 0 Å². The Bertz CT molecular complexity index is 958. The minimum atomic E-state index is -0.246. The zero-order chi connectivity index (χ0) is 22.1. The number of amides is 1. The molecule has 0 bridgehead atoms. The summed E-state index contributed by atoms with van der Waals surface area (Å²) in [7, 11) is 1.65. The molecule has 0 aliphatic heterocycles. The fraction of sp³-hybridized carbons (Fsp3) is 0.333. The maximum absolute atomic E-state index is 13.3.